The molecule has 0 aromatic heterocycles. The summed E-state index contributed by atoms with van der Waals surface area (Å²) in [6, 6.07) is 4.76. The van der Waals surface area contributed by atoms with Gasteiger partial charge in [0.2, 0.25) is 0 Å². The molecule has 0 saturated carbocycles. The van der Waals surface area contributed by atoms with Crippen molar-refractivity contribution < 1.29 is 15.0 Å². The fourth-order valence-corrected chi connectivity index (χ4v) is 2.80. The van der Waals surface area contributed by atoms with Gasteiger partial charge in [0.1, 0.15) is 11.3 Å². The van der Waals surface area contributed by atoms with Crippen molar-refractivity contribution in [3.63, 3.8) is 0 Å². The SMILES string of the molecule is Cc1c(C)c(C)c(-c2ccc(O)c(C(=O)O)c2)c(C)c1C. The molecule has 0 fully saturated rings. The van der Waals surface area contributed by atoms with Gasteiger partial charge < -0.3 is 10.2 Å². The summed E-state index contributed by atoms with van der Waals surface area (Å²) < 4.78 is 0. The standard InChI is InChI=1S/C18H20O3/c1-9-10(2)12(4)17(13(5)11(9)3)14-6-7-16(19)15(8-14)18(20)21/h6-8,19H,1-5H3,(H,20,21). The number of carboxylic acids is 1. The molecule has 0 saturated heterocycles. The average molecular weight is 284 g/mol. The van der Waals surface area contributed by atoms with Gasteiger partial charge in [-0.3, -0.25) is 0 Å². The molecule has 3 heteroatoms. The first-order valence-corrected chi connectivity index (χ1v) is 6.89. The van der Waals surface area contributed by atoms with Gasteiger partial charge in [0.15, 0.2) is 0 Å². The van der Waals surface area contributed by atoms with E-state index < -0.39 is 5.97 Å². The molecule has 0 aliphatic rings. The van der Waals surface area contributed by atoms with E-state index in [4.69, 9.17) is 5.11 Å². The first kappa shape index (κ1) is 15.1. The van der Waals surface area contributed by atoms with Crippen LogP contribution < -0.4 is 0 Å². The molecule has 2 N–H and O–H groups in total. The van der Waals surface area contributed by atoms with E-state index in [-0.39, 0.29) is 11.3 Å². The first-order chi connectivity index (χ1) is 9.75. The summed E-state index contributed by atoms with van der Waals surface area (Å²) in [7, 11) is 0. The number of hydrogen-bond donors (Lipinski definition) is 2. The summed E-state index contributed by atoms with van der Waals surface area (Å²) in [5, 5.41) is 18.8. The van der Waals surface area contributed by atoms with Gasteiger partial charge in [-0.05, 0) is 85.7 Å². The zero-order valence-corrected chi connectivity index (χ0v) is 13.0. The van der Waals surface area contributed by atoms with Crippen molar-refractivity contribution in [1.29, 1.82) is 0 Å². The molecule has 0 unspecified atom stereocenters. The van der Waals surface area contributed by atoms with E-state index in [2.05, 4.69) is 34.6 Å². The Morgan fingerprint density at radius 1 is 0.857 bits per heavy atom. The molecule has 21 heavy (non-hydrogen) atoms. The third kappa shape index (κ3) is 2.40. The molecule has 3 nitrogen and oxygen atoms in total. The highest BCUT2D eigenvalue weighted by Crippen LogP contribution is 2.35. The number of phenols is 1. The molecule has 2 rings (SSSR count). The molecule has 0 bridgehead atoms. The number of carbonyl (C=O) groups is 1. The Bertz CT molecular complexity index is 714. The highest BCUT2D eigenvalue weighted by Gasteiger charge is 2.16. The van der Waals surface area contributed by atoms with Gasteiger partial charge >= 0.3 is 5.97 Å². The normalized spacial score (nSPS) is 10.7. The monoisotopic (exact) mass is 284 g/mol. The zero-order chi connectivity index (χ0) is 15.9. The van der Waals surface area contributed by atoms with E-state index in [0.29, 0.717) is 0 Å². The number of carboxylic acid groups (broad SMARTS) is 1. The lowest BCUT2D eigenvalue weighted by atomic mass is 9.86. The van der Waals surface area contributed by atoms with Crippen LogP contribution in [0.2, 0.25) is 0 Å². The molecule has 2 aromatic rings. The van der Waals surface area contributed by atoms with Crippen LogP contribution in [-0.4, -0.2) is 16.2 Å². The Morgan fingerprint density at radius 2 is 1.33 bits per heavy atom. The molecule has 2 aromatic carbocycles. The predicted octanol–water partition coefficient (Wildman–Crippen LogP) is 4.30. The largest absolute Gasteiger partial charge is 0.507 e. The second kappa shape index (κ2) is 5.24. The highest BCUT2D eigenvalue weighted by molar-refractivity contribution is 5.93. The maximum Gasteiger partial charge on any atom is 0.339 e. The lowest BCUT2D eigenvalue weighted by molar-refractivity contribution is 0.0694. The molecule has 0 spiro atoms. The van der Waals surface area contributed by atoms with Crippen LogP contribution in [0, 0.1) is 34.6 Å². The molecule has 0 atom stereocenters. The zero-order valence-electron chi connectivity index (χ0n) is 13.0. The summed E-state index contributed by atoms with van der Waals surface area (Å²) in [4.78, 5) is 11.2. The summed E-state index contributed by atoms with van der Waals surface area (Å²) in [6.07, 6.45) is 0. The average Bonchev–Trinajstić information content (AvgIpc) is 2.44. The maximum atomic E-state index is 11.2. The van der Waals surface area contributed by atoms with E-state index in [1.165, 1.54) is 22.8 Å². The molecule has 0 heterocycles. The molecule has 0 aliphatic carbocycles. The molecule has 0 aliphatic heterocycles. The number of aromatic carboxylic acids is 1. The fraction of sp³-hybridized carbons (Fsp3) is 0.278. The topological polar surface area (TPSA) is 57.5 Å². The van der Waals surface area contributed by atoms with Crippen molar-refractivity contribution in [2.45, 2.75) is 34.6 Å². The smallest absolute Gasteiger partial charge is 0.339 e. The van der Waals surface area contributed by atoms with Gasteiger partial charge in [0, 0.05) is 0 Å². The van der Waals surface area contributed by atoms with Crippen LogP contribution in [0.15, 0.2) is 18.2 Å². The number of rotatable bonds is 2. The number of aromatic hydroxyl groups is 1. The molecular formula is C18H20O3. The van der Waals surface area contributed by atoms with Crippen LogP contribution in [-0.2, 0) is 0 Å². The van der Waals surface area contributed by atoms with Gasteiger partial charge in [-0.2, -0.15) is 0 Å². The minimum absolute atomic E-state index is 0.0674. The second-order valence-electron chi connectivity index (χ2n) is 5.54. The van der Waals surface area contributed by atoms with Gasteiger partial charge in [-0.25, -0.2) is 4.79 Å². The van der Waals surface area contributed by atoms with Crippen molar-refractivity contribution in [3.05, 3.63) is 51.6 Å². The Kier molecular flexibility index (Phi) is 3.77. The molecule has 0 radical (unpaired) electrons. The van der Waals surface area contributed by atoms with Gasteiger partial charge in [-0.15, -0.1) is 0 Å². The summed E-state index contributed by atoms with van der Waals surface area (Å²) >= 11 is 0. The fourth-order valence-electron chi connectivity index (χ4n) is 2.80. The van der Waals surface area contributed by atoms with Crippen molar-refractivity contribution >= 4 is 5.97 Å². The Labute approximate surface area is 124 Å². The third-order valence-electron chi connectivity index (χ3n) is 4.52. The van der Waals surface area contributed by atoms with E-state index >= 15 is 0 Å². The Morgan fingerprint density at radius 3 is 1.81 bits per heavy atom. The lowest BCUT2D eigenvalue weighted by Gasteiger charge is -2.19. The summed E-state index contributed by atoms with van der Waals surface area (Å²) in [5.74, 6) is -1.33. The minimum Gasteiger partial charge on any atom is -0.507 e. The van der Waals surface area contributed by atoms with Crippen molar-refractivity contribution in [1.82, 2.24) is 0 Å². The van der Waals surface area contributed by atoms with E-state index in [0.717, 1.165) is 22.3 Å². The summed E-state index contributed by atoms with van der Waals surface area (Å²) in [6.45, 7) is 10.4. The Hall–Kier alpha value is -2.29. The predicted molar refractivity (Wildman–Crippen MR) is 84.2 cm³/mol. The maximum absolute atomic E-state index is 11.2. The Balaban J connectivity index is 2.80. The van der Waals surface area contributed by atoms with Crippen LogP contribution in [0.1, 0.15) is 38.2 Å². The first-order valence-electron chi connectivity index (χ1n) is 6.89. The van der Waals surface area contributed by atoms with Gasteiger partial charge in [-0.1, -0.05) is 6.07 Å². The molecular weight excluding hydrogens is 264 g/mol. The van der Waals surface area contributed by atoms with Gasteiger partial charge in [0.05, 0.1) is 0 Å². The van der Waals surface area contributed by atoms with Gasteiger partial charge in [0.25, 0.3) is 0 Å². The van der Waals surface area contributed by atoms with Crippen molar-refractivity contribution in [2.24, 2.45) is 0 Å². The summed E-state index contributed by atoms with van der Waals surface area (Å²) in [5.41, 5.74) is 7.82. The minimum atomic E-state index is -1.12. The van der Waals surface area contributed by atoms with Crippen molar-refractivity contribution in [2.75, 3.05) is 0 Å². The van der Waals surface area contributed by atoms with Crippen LogP contribution >= 0.6 is 0 Å². The lowest BCUT2D eigenvalue weighted by Crippen LogP contribution is -2.01. The quantitative estimate of drug-likeness (QED) is 0.864. The number of hydrogen-bond acceptors (Lipinski definition) is 2. The van der Waals surface area contributed by atoms with Crippen LogP contribution in [0.4, 0.5) is 0 Å². The molecule has 0 amide bonds. The number of benzene rings is 2. The van der Waals surface area contributed by atoms with Crippen LogP contribution in [0.5, 0.6) is 5.75 Å². The highest BCUT2D eigenvalue weighted by atomic mass is 16.4. The van der Waals surface area contributed by atoms with Crippen LogP contribution in [0.3, 0.4) is 0 Å². The van der Waals surface area contributed by atoms with Crippen LogP contribution in [0.25, 0.3) is 11.1 Å². The van der Waals surface area contributed by atoms with E-state index in [9.17, 15) is 9.90 Å². The third-order valence-corrected chi connectivity index (χ3v) is 4.52. The van der Waals surface area contributed by atoms with Crippen molar-refractivity contribution in [3.8, 4) is 16.9 Å². The van der Waals surface area contributed by atoms with E-state index in [1.54, 1.807) is 12.1 Å². The molecule has 110 valence electrons. The second-order valence-corrected chi connectivity index (χ2v) is 5.54. The van der Waals surface area contributed by atoms with E-state index in [1.807, 2.05) is 0 Å².